The van der Waals surface area contributed by atoms with E-state index in [-0.39, 0.29) is 0 Å². The van der Waals surface area contributed by atoms with E-state index in [1.165, 1.54) is 132 Å². The van der Waals surface area contributed by atoms with Gasteiger partial charge in [0, 0.05) is 6.42 Å². The molecule has 0 N–H and O–H groups in total. The van der Waals surface area contributed by atoms with Gasteiger partial charge in [0.05, 0.1) is 19.5 Å². The monoisotopic (exact) mass is 571 g/mol. The van der Waals surface area contributed by atoms with Gasteiger partial charge in [-0.05, 0) is 42.7 Å². The fourth-order valence-electron chi connectivity index (χ4n) is 6.46. The molecule has 2 nitrogen and oxygen atoms in total. The summed E-state index contributed by atoms with van der Waals surface area (Å²) in [4.78, 5) is 0. The number of hydrogen-bond donors (Lipinski definition) is 0. The Kier molecular flexibility index (Phi) is 17.4. The van der Waals surface area contributed by atoms with Crippen molar-refractivity contribution in [3.05, 3.63) is 89.5 Å². The van der Waals surface area contributed by atoms with E-state index < -0.39 is 0 Å². The minimum Gasteiger partial charge on any atom is -0.234 e. The van der Waals surface area contributed by atoms with Crippen LogP contribution in [0, 0.1) is 0 Å². The lowest BCUT2D eigenvalue weighted by Gasteiger charge is -2.12. The van der Waals surface area contributed by atoms with Crippen LogP contribution in [0.3, 0.4) is 0 Å². The van der Waals surface area contributed by atoms with Crippen LogP contribution in [0.25, 0.3) is 0 Å². The summed E-state index contributed by atoms with van der Waals surface area (Å²) in [6.45, 7) is 9.31. The van der Waals surface area contributed by atoms with Crippen LogP contribution in [0.15, 0.2) is 66.9 Å². The first-order valence-corrected chi connectivity index (χ1v) is 17.9. The molecule has 1 atom stereocenters. The molecule has 42 heavy (non-hydrogen) atoms. The van der Waals surface area contributed by atoms with Gasteiger partial charge in [0.15, 0.2) is 0 Å². The van der Waals surface area contributed by atoms with E-state index in [9.17, 15) is 0 Å². The van der Waals surface area contributed by atoms with Crippen LogP contribution in [0.4, 0.5) is 0 Å². The zero-order chi connectivity index (χ0) is 29.7. The number of nitrogens with zero attached hydrogens (tertiary/aromatic N) is 2. The van der Waals surface area contributed by atoms with E-state index in [0.29, 0.717) is 5.92 Å². The van der Waals surface area contributed by atoms with Gasteiger partial charge in [-0.3, -0.25) is 0 Å². The van der Waals surface area contributed by atoms with Gasteiger partial charge >= 0.3 is 0 Å². The highest BCUT2D eigenvalue weighted by Gasteiger charge is 2.25. The van der Waals surface area contributed by atoms with Crippen LogP contribution in [-0.2, 0) is 25.9 Å². The van der Waals surface area contributed by atoms with Crippen LogP contribution < -0.4 is 4.57 Å². The molecule has 0 spiro atoms. The van der Waals surface area contributed by atoms with Gasteiger partial charge in [-0.25, -0.2) is 9.13 Å². The summed E-state index contributed by atoms with van der Waals surface area (Å²) in [6, 6.07) is 22.3. The minimum absolute atomic E-state index is 0.518. The van der Waals surface area contributed by atoms with Crippen LogP contribution in [0.2, 0.25) is 0 Å². The average molecular weight is 572 g/mol. The Bertz CT molecular complexity index is 1050. The van der Waals surface area contributed by atoms with Crippen molar-refractivity contribution in [2.75, 3.05) is 0 Å². The molecular weight excluding hydrogens is 508 g/mol. The zero-order valence-corrected chi connectivity index (χ0v) is 27.7. The molecule has 0 aliphatic heterocycles. The molecule has 0 amide bonds. The number of imidazole rings is 1. The summed E-state index contributed by atoms with van der Waals surface area (Å²) in [5.74, 6) is 2.03. The number of hydrogen-bond acceptors (Lipinski definition) is 0. The van der Waals surface area contributed by atoms with Crippen LogP contribution in [-0.4, -0.2) is 4.57 Å². The highest BCUT2D eigenvalue weighted by Crippen LogP contribution is 2.21. The molecule has 0 aliphatic carbocycles. The van der Waals surface area contributed by atoms with Gasteiger partial charge in [-0.2, -0.15) is 0 Å². The third-order valence-corrected chi connectivity index (χ3v) is 9.12. The van der Waals surface area contributed by atoms with Gasteiger partial charge in [0.25, 0.3) is 5.82 Å². The molecule has 0 saturated carbocycles. The Hall–Kier alpha value is -2.35. The number of aromatic nitrogens is 2. The van der Waals surface area contributed by atoms with Crippen molar-refractivity contribution in [2.24, 2.45) is 0 Å². The van der Waals surface area contributed by atoms with E-state index in [1.807, 2.05) is 0 Å². The molecule has 3 aromatic rings. The molecule has 3 rings (SSSR count). The third-order valence-electron chi connectivity index (χ3n) is 9.12. The van der Waals surface area contributed by atoms with Crippen LogP contribution in [0.5, 0.6) is 0 Å². The summed E-state index contributed by atoms with van der Waals surface area (Å²) in [6.07, 6.45) is 28.1. The number of unbranched alkanes of at least 4 members (excludes halogenated alkanes) is 15. The Morgan fingerprint density at radius 3 is 1.67 bits per heavy atom. The van der Waals surface area contributed by atoms with Crippen molar-refractivity contribution < 1.29 is 4.57 Å². The molecule has 2 aromatic carbocycles. The van der Waals surface area contributed by atoms with Gasteiger partial charge in [-0.15, -0.1) is 0 Å². The Labute approximate surface area is 260 Å². The molecular formula is C40H63N2+. The Morgan fingerprint density at radius 2 is 1.10 bits per heavy atom. The lowest BCUT2D eigenvalue weighted by molar-refractivity contribution is -0.710. The molecule has 1 heterocycles. The van der Waals surface area contributed by atoms with E-state index in [0.717, 1.165) is 25.9 Å². The predicted octanol–water partition coefficient (Wildman–Crippen LogP) is 11.4. The molecule has 0 bridgehead atoms. The van der Waals surface area contributed by atoms with Crippen molar-refractivity contribution in [1.29, 1.82) is 0 Å². The average Bonchev–Trinajstić information content (AvgIpc) is 3.33. The topological polar surface area (TPSA) is 8.81 Å². The fraction of sp³-hybridized carbons (Fsp3) is 0.625. The Morgan fingerprint density at radius 1 is 0.595 bits per heavy atom. The predicted molar refractivity (Wildman–Crippen MR) is 182 cm³/mol. The van der Waals surface area contributed by atoms with E-state index >= 15 is 0 Å². The van der Waals surface area contributed by atoms with Gasteiger partial charge in [-0.1, -0.05) is 165 Å². The molecule has 1 aromatic heterocycles. The maximum Gasteiger partial charge on any atom is 0.261 e. The first kappa shape index (κ1) is 34.1. The SMILES string of the molecule is CCCCCCCCCCCCCCn1cc(CC(C)c2ccccc2)[n+](CCCCCCC)c1Cc1ccccc1. The van der Waals surface area contributed by atoms with Crippen molar-refractivity contribution in [3.63, 3.8) is 0 Å². The first-order chi connectivity index (χ1) is 20.7. The maximum atomic E-state index is 2.72. The molecule has 232 valence electrons. The number of benzene rings is 2. The normalized spacial score (nSPS) is 12.2. The molecule has 0 radical (unpaired) electrons. The van der Waals surface area contributed by atoms with Gasteiger partial charge in [0.1, 0.15) is 11.9 Å². The summed E-state index contributed by atoms with van der Waals surface area (Å²) >= 11 is 0. The molecule has 0 fully saturated rings. The second kappa shape index (κ2) is 21.4. The highest BCUT2D eigenvalue weighted by molar-refractivity contribution is 5.21. The van der Waals surface area contributed by atoms with E-state index in [1.54, 1.807) is 0 Å². The highest BCUT2D eigenvalue weighted by atomic mass is 15.2. The van der Waals surface area contributed by atoms with Crippen molar-refractivity contribution >= 4 is 0 Å². The van der Waals surface area contributed by atoms with E-state index in [4.69, 9.17) is 0 Å². The summed E-state index contributed by atoms with van der Waals surface area (Å²) in [5, 5.41) is 0. The number of rotatable bonds is 24. The second-order valence-corrected chi connectivity index (χ2v) is 12.9. The Balaban J connectivity index is 1.63. The quantitative estimate of drug-likeness (QED) is 0.0747. The van der Waals surface area contributed by atoms with Gasteiger partial charge < -0.3 is 0 Å². The molecule has 2 heteroatoms. The molecule has 1 unspecified atom stereocenters. The second-order valence-electron chi connectivity index (χ2n) is 12.9. The van der Waals surface area contributed by atoms with Gasteiger partial charge in [0.2, 0.25) is 0 Å². The summed E-state index contributed by atoms with van der Waals surface area (Å²) in [7, 11) is 0. The van der Waals surface area contributed by atoms with E-state index in [2.05, 4.69) is 96.8 Å². The summed E-state index contributed by atoms with van der Waals surface area (Å²) in [5.41, 5.74) is 4.39. The van der Waals surface area contributed by atoms with Crippen LogP contribution in [0.1, 0.15) is 158 Å². The largest absolute Gasteiger partial charge is 0.261 e. The van der Waals surface area contributed by atoms with Crippen molar-refractivity contribution in [1.82, 2.24) is 4.57 Å². The number of aryl methyl sites for hydroxylation is 1. The lowest BCUT2D eigenvalue weighted by atomic mass is 9.96. The zero-order valence-electron chi connectivity index (χ0n) is 27.7. The minimum atomic E-state index is 0.518. The standard InChI is InChI=1S/C40H63N2/c1-4-6-8-10-11-12-13-14-15-16-18-25-31-41-35-39(33-36(3)38-29-23-20-24-30-38)42(32-26-17-9-7-5-2)40(41)34-37-27-21-19-22-28-37/h19-24,27-30,35-36H,4-18,25-26,31-34H2,1-3H3/q+1. The van der Waals surface area contributed by atoms with Crippen LogP contribution >= 0.6 is 0 Å². The molecule has 0 saturated heterocycles. The molecule has 0 aliphatic rings. The van der Waals surface area contributed by atoms with Crippen molar-refractivity contribution in [2.45, 2.75) is 162 Å². The first-order valence-electron chi connectivity index (χ1n) is 17.9. The summed E-state index contributed by atoms with van der Waals surface area (Å²) < 4.78 is 5.36. The fourth-order valence-corrected chi connectivity index (χ4v) is 6.46. The van der Waals surface area contributed by atoms with Crippen molar-refractivity contribution in [3.8, 4) is 0 Å². The third kappa shape index (κ3) is 12.9. The smallest absolute Gasteiger partial charge is 0.234 e. The lowest BCUT2D eigenvalue weighted by Crippen LogP contribution is -2.41. The maximum absolute atomic E-state index is 2.72.